The van der Waals surface area contributed by atoms with E-state index in [1.54, 1.807) is 7.11 Å². The van der Waals surface area contributed by atoms with Crippen LogP contribution in [0.25, 0.3) is 10.9 Å². The van der Waals surface area contributed by atoms with Gasteiger partial charge in [-0.05, 0) is 80.2 Å². The van der Waals surface area contributed by atoms with Crippen molar-refractivity contribution in [2.24, 2.45) is 5.92 Å². The topological polar surface area (TPSA) is 72.5 Å². The minimum atomic E-state index is 0.117. The number of hydrogen-bond donors (Lipinski definition) is 2. The molecule has 2 N–H and O–H groups in total. The number of pyridine rings is 1. The third-order valence-electron chi connectivity index (χ3n) is 8.45. The summed E-state index contributed by atoms with van der Waals surface area (Å²) < 4.78 is 11.6. The van der Waals surface area contributed by atoms with Crippen LogP contribution in [0.15, 0.2) is 42.5 Å². The normalized spacial score (nSPS) is 12.7. The maximum Gasteiger partial charge on any atom is 0.220 e. The molecule has 0 radical (unpaired) electrons. The van der Waals surface area contributed by atoms with Crippen LogP contribution in [0.3, 0.4) is 0 Å². The molecule has 6 heteroatoms. The highest BCUT2D eigenvalue weighted by Crippen LogP contribution is 2.33. The number of aryl methyl sites for hydroxylation is 1. The lowest BCUT2D eigenvalue weighted by atomic mass is 9.92. The van der Waals surface area contributed by atoms with Crippen molar-refractivity contribution < 1.29 is 14.3 Å². The molecular weight excluding hydrogens is 534 g/mol. The maximum atomic E-state index is 12.3. The van der Waals surface area contributed by atoms with Gasteiger partial charge in [-0.3, -0.25) is 9.78 Å². The van der Waals surface area contributed by atoms with E-state index in [4.69, 9.17) is 14.5 Å². The number of carbonyl (C=O) groups is 1. The molecule has 0 saturated carbocycles. The Morgan fingerprint density at radius 3 is 2.56 bits per heavy atom. The molecule has 4 rings (SSSR count). The van der Waals surface area contributed by atoms with Gasteiger partial charge in [0.15, 0.2) is 11.5 Å². The first-order valence-electron chi connectivity index (χ1n) is 16.8. The molecule has 0 aliphatic heterocycles. The molecular formula is C37H53N3O3. The zero-order valence-corrected chi connectivity index (χ0v) is 26.8. The number of rotatable bonds is 19. The highest BCUT2D eigenvalue weighted by molar-refractivity contribution is 5.93. The van der Waals surface area contributed by atoms with Gasteiger partial charge in [0.1, 0.15) is 0 Å². The molecule has 1 aromatic heterocycles. The zero-order valence-electron chi connectivity index (χ0n) is 26.8. The summed E-state index contributed by atoms with van der Waals surface area (Å²) in [6, 6.07) is 14.5. The fourth-order valence-electron chi connectivity index (χ4n) is 5.97. The summed E-state index contributed by atoms with van der Waals surface area (Å²) in [5, 5.41) is 8.07. The number of benzene rings is 2. The molecule has 0 bridgehead atoms. The molecule has 0 atom stereocenters. The van der Waals surface area contributed by atoms with Crippen molar-refractivity contribution >= 4 is 22.5 Å². The monoisotopic (exact) mass is 587 g/mol. The van der Waals surface area contributed by atoms with Gasteiger partial charge in [0.25, 0.3) is 0 Å². The number of nitrogens with zero attached hydrogens (tertiary/aromatic N) is 1. The Hall–Kier alpha value is -3.28. The molecule has 1 heterocycles. The molecule has 0 spiro atoms. The second kappa shape index (κ2) is 17.7. The van der Waals surface area contributed by atoms with Crippen LogP contribution >= 0.6 is 0 Å². The molecule has 2 aromatic carbocycles. The number of methoxy groups -OCH3 is 1. The molecule has 43 heavy (non-hydrogen) atoms. The second-order valence-electron chi connectivity index (χ2n) is 12.4. The van der Waals surface area contributed by atoms with Gasteiger partial charge in [-0.1, -0.05) is 76.6 Å². The van der Waals surface area contributed by atoms with Crippen molar-refractivity contribution in [3.63, 3.8) is 0 Å². The molecule has 234 valence electrons. The number of fused-ring (bicyclic) bond motifs is 2. The molecule has 0 fully saturated rings. The van der Waals surface area contributed by atoms with E-state index in [9.17, 15) is 4.79 Å². The van der Waals surface area contributed by atoms with Crippen molar-refractivity contribution in [2.45, 2.75) is 110 Å². The Kier molecular flexibility index (Phi) is 13.5. The van der Waals surface area contributed by atoms with Crippen LogP contribution in [-0.4, -0.2) is 31.2 Å². The Bertz CT molecular complexity index is 1290. The van der Waals surface area contributed by atoms with E-state index in [-0.39, 0.29) is 5.91 Å². The molecule has 6 nitrogen and oxygen atoms in total. The Balaban J connectivity index is 1.11. The highest BCUT2D eigenvalue weighted by Gasteiger charge is 2.17. The van der Waals surface area contributed by atoms with E-state index in [2.05, 4.69) is 48.7 Å². The van der Waals surface area contributed by atoms with Crippen LogP contribution in [0, 0.1) is 5.92 Å². The van der Waals surface area contributed by atoms with Crippen LogP contribution in [0.1, 0.15) is 108 Å². The van der Waals surface area contributed by atoms with Gasteiger partial charge in [-0.15, -0.1) is 0 Å². The smallest absolute Gasteiger partial charge is 0.220 e. The zero-order chi connectivity index (χ0) is 30.3. The summed E-state index contributed by atoms with van der Waals surface area (Å²) >= 11 is 0. The fraction of sp³-hybridized carbons (Fsp3) is 0.568. The van der Waals surface area contributed by atoms with E-state index < -0.39 is 0 Å². The Labute approximate surface area is 259 Å². The minimum Gasteiger partial charge on any atom is -0.493 e. The SMILES string of the molecule is COc1cc(CNC(=O)CCCCCCC(C)C)ccc1OCCCCCCNc1c2c(nc3ccccc13)CCCC2. The predicted octanol–water partition coefficient (Wildman–Crippen LogP) is 8.79. The van der Waals surface area contributed by atoms with Gasteiger partial charge >= 0.3 is 0 Å². The summed E-state index contributed by atoms with van der Waals surface area (Å²) in [5.74, 6) is 2.36. The molecule has 1 aliphatic carbocycles. The standard InChI is InChI=1S/C37H53N3O3/c1-28(2)16-8-4-5-9-21-36(41)39-27-29-22-23-34(35(26-29)42-3)43-25-15-7-6-14-24-38-37-30-17-10-12-19-32(30)40-33-20-13-11-18-31(33)37/h10,12,17,19,22-23,26,28H,4-9,11,13-16,18,20-21,24-25,27H2,1-3H3,(H,38,40)(H,39,41). The van der Waals surface area contributed by atoms with Gasteiger partial charge in [0.05, 0.1) is 19.2 Å². The largest absolute Gasteiger partial charge is 0.493 e. The van der Waals surface area contributed by atoms with Crippen molar-refractivity contribution in [2.75, 3.05) is 25.6 Å². The molecule has 1 aliphatic rings. The molecule has 1 amide bonds. The number of amides is 1. The van der Waals surface area contributed by atoms with Gasteiger partial charge in [-0.25, -0.2) is 0 Å². The number of para-hydroxylation sites is 1. The van der Waals surface area contributed by atoms with Crippen molar-refractivity contribution in [1.82, 2.24) is 10.3 Å². The average Bonchev–Trinajstić information content (AvgIpc) is 3.02. The number of aromatic nitrogens is 1. The van der Waals surface area contributed by atoms with Gasteiger partial charge < -0.3 is 20.1 Å². The number of hydrogen-bond acceptors (Lipinski definition) is 5. The van der Waals surface area contributed by atoms with Crippen molar-refractivity contribution in [3.8, 4) is 11.5 Å². The molecule has 0 unspecified atom stereocenters. The lowest BCUT2D eigenvalue weighted by Gasteiger charge is -2.21. The third kappa shape index (κ3) is 10.4. The summed E-state index contributed by atoms with van der Waals surface area (Å²) in [7, 11) is 1.67. The predicted molar refractivity (Wildman–Crippen MR) is 178 cm³/mol. The highest BCUT2D eigenvalue weighted by atomic mass is 16.5. The van der Waals surface area contributed by atoms with E-state index in [1.165, 1.54) is 54.4 Å². The molecule has 0 saturated heterocycles. The van der Waals surface area contributed by atoms with Crippen LogP contribution < -0.4 is 20.1 Å². The van der Waals surface area contributed by atoms with Crippen LogP contribution in [-0.2, 0) is 24.2 Å². The first-order valence-corrected chi connectivity index (χ1v) is 16.8. The van der Waals surface area contributed by atoms with Crippen molar-refractivity contribution in [3.05, 3.63) is 59.3 Å². The number of anilines is 1. The number of nitrogens with one attached hydrogen (secondary N) is 2. The number of unbranched alkanes of at least 4 members (excludes halogenated alkanes) is 6. The number of ether oxygens (including phenoxy) is 2. The quantitative estimate of drug-likeness (QED) is 0.137. The van der Waals surface area contributed by atoms with Gasteiger partial charge in [-0.2, -0.15) is 0 Å². The summed E-state index contributed by atoms with van der Waals surface area (Å²) in [6.07, 6.45) is 15.6. The first-order chi connectivity index (χ1) is 21.0. The van der Waals surface area contributed by atoms with Crippen LogP contribution in [0.2, 0.25) is 0 Å². The first kappa shape index (κ1) is 32.6. The van der Waals surface area contributed by atoms with E-state index >= 15 is 0 Å². The summed E-state index contributed by atoms with van der Waals surface area (Å²) in [4.78, 5) is 17.2. The lowest BCUT2D eigenvalue weighted by molar-refractivity contribution is -0.121. The van der Waals surface area contributed by atoms with Gasteiger partial charge in [0, 0.05) is 36.3 Å². The van der Waals surface area contributed by atoms with E-state index in [0.717, 1.165) is 80.7 Å². The second-order valence-corrected chi connectivity index (χ2v) is 12.4. The maximum absolute atomic E-state index is 12.3. The minimum absolute atomic E-state index is 0.117. The van der Waals surface area contributed by atoms with E-state index in [0.29, 0.717) is 25.3 Å². The lowest BCUT2D eigenvalue weighted by Crippen LogP contribution is -2.22. The average molecular weight is 588 g/mol. The Morgan fingerprint density at radius 1 is 0.907 bits per heavy atom. The van der Waals surface area contributed by atoms with Crippen LogP contribution in [0.4, 0.5) is 5.69 Å². The van der Waals surface area contributed by atoms with Crippen molar-refractivity contribution in [1.29, 1.82) is 0 Å². The van der Waals surface area contributed by atoms with E-state index in [1.807, 2.05) is 18.2 Å². The summed E-state index contributed by atoms with van der Waals surface area (Å²) in [6.45, 7) is 6.68. The summed E-state index contributed by atoms with van der Waals surface area (Å²) in [5.41, 5.74) is 6.16. The third-order valence-corrected chi connectivity index (χ3v) is 8.45. The molecule has 3 aromatic rings. The fourth-order valence-corrected chi connectivity index (χ4v) is 5.97. The van der Waals surface area contributed by atoms with Gasteiger partial charge in [0.2, 0.25) is 5.91 Å². The number of carbonyl (C=O) groups excluding carboxylic acids is 1. The Morgan fingerprint density at radius 2 is 1.70 bits per heavy atom. The van der Waals surface area contributed by atoms with Crippen LogP contribution in [0.5, 0.6) is 11.5 Å².